The van der Waals surface area contributed by atoms with Gasteiger partial charge in [0.25, 0.3) is 0 Å². The first-order chi connectivity index (χ1) is 12.5. The number of amides is 1. The lowest BCUT2D eigenvalue weighted by Gasteiger charge is -2.30. The highest BCUT2D eigenvalue weighted by Crippen LogP contribution is 2.28. The summed E-state index contributed by atoms with van der Waals surface area (Å²) in [5.74, 6) is -0.417. The maximum absolute atomic E-state index is 12.9. The Morgan fingerprint density at radius 1 is 1.19 bits per heavy atom. The van der Waals surface area contributed by atoms with E-state index < -0.39 is 22.0 Å². The van der Waals surface area contributed by atoms with Crippen LogP contribution >= 0.6 is 27.5 Å². The van der Waals surface area contributed by atoms with Crippen molar-refractivity contribution in [1.29, 1.82) is 0 Å². The third kappa shape index (κ3) is 5.24. The zero-order chi connectivity index (χ0) is 20.4. The number of hydrogen-bond donors (Lipinski definition) is 1. The molecule has 2 aromatic rings. The van der Waals surface area contributed by atoms with Gasteiger partial charge in [-0.1, -0.05) is 24.6 Å². The minimum atomic E-state index is -3.67. The highest BCUT2D eigenvalue weighted by Gasteiger charge is 2.31. The molecule has 0 radical (unpaired) electrons. The van der Waals surface area contributed by atoms with E-state index in [2.05, 4.69) is 21.2 Å². The fourth-order valence-corrected chi connectivity index (χ4v) is 4.35. The summed E-state index contributed by atoms with van der Waals surface area (Å²) < 4.78 is 26.9. The van der Waals surface area contributed by atoms with Crippen molar-refractivity contribution >= 4 is 54.8 Å². The number of carbonyl (C=O) groups excluding carboxylic acids is 1. The van der Waals surface area contributed by atoms with E-state index in [0.717, 1.165) is 17.4 Å². The van der Waals surface area contributed by atoms with E-state index >= 15 is 0 Å². The number of anilines is 2. The van der Waals surface area contributed by atoms with Gasteiger partial charge in [0.05, 0.1) is 17.0 Å². The molecule has 0 unspecified atom stereocenters. The van der Waals surface area contributed by atoms with Gasteiger partial charge < -0.3 is 5.32 Å². The average molecular weight is 474 g/mol. The second kappa shape index (κ2) is 8.63. The third-order valence-corrected chi connectivity index (χ3v) is 6.67. The molecular formula is C19H22BrClN2O3S. The van der Waals surface area contributed by atoms with Gasteiger partial charge >= 0.3 is 0 Å². The Morgan fingerprint density at radius 2 is 1.85 bits per heavy atom. The highest BCUT2D eigenvalue weighted by molar-refractivity contribution is 9.10. The fourth-order valence-electron chi connectivity index (χ4n) is 2.72. The molecule has 0 saturated heterocycles. The van der Waals surface area contributed by atoms with E-state index in [4.69, 9.17) is 11.6 Å². The molecule has 0 fully saturated rings. The van der Waals surface area contributed by atoms with Crippen LogP contribution in [-0.4, -0.2) is 26.6 Å². The van der Waals surface area contributed by atoms with Gasteiger partial charge in [0.1, 0.15) is 6.04 Å². The van der Waals surface area contributed by atoms with Gasteiger partial charge in [0.15, 0.2) is 0 Å². The molecule has 0 aromatic heterocycles. The van der Waals surface area contributed by atoms with E-state index in [1.54, 1.807) is 37.3 Å². The monoisotopic (exact) mass is 472 g/mol. The van der Waals surface area contributed by atoms with Crippen LogP contribution in [0.2, 0.25) is 5.02 Å². The Morgan fingerprint density at radius 3 is 2.37 bits per heavy atom. The van der Waals surface area contributed by atoms with Crippen molar-refractivity contribution in [3.63, 3.8) is 0 Å². The summed E-state index contributed by atoms with van der Waals surface area (Å²) in [6, 6.07) is 9.49. The fraction of sp³-hybridized carbons (Fsp3) is 0.316. The third-order valence-electron chi connectivity index (χ3n) is 4.26. The zero-order valence-electron chi connectivity index (χ0n) is 15.6. The number of hydrogen-bond acceptors (Lipinski definition) is 3. The Bertz CT molecular complexity index is 963. The molecule has 8 heteroatoms. The Kier molecular flexibility index (Phi) is 6.94. The first-order valence-corrected chi connectivity index (χ1v) is 11.4. The lowest BCUT2D eigenvalue weighted by atomic mass is 10.1. The van der Waals surface area contributed by atoms with Crippen LogP contribution in [0.5, 0.6) is 0 Å². The van der Waals surface area contributed by atoms with Crippen molar-refractivity contribution in [2.75, 3.05) is 15.9 Å². The quantitative estimate of drug-likeness (QED) is 0.649. The van der Waals surface area contributed by atoms with Crippen molar-refractivity contribution in [3.8, 4) is 0 Å². The molecule has 0 bridgehead atoms. The highest BCUT2D eigenvalue weighted by atomic mass is 79.9. The summed E-state index contributed by atoms with van der Waals surface area (Å²) in [7, 11) is -3.67. The number of carbonyl (C=O) groups is 1. The summed E-state index contributed by atoms with van der Waals surface area (Å²) in [6.07, 6.45) is 1.42. The molecular weight excluding hydrogens is 452 g/mol. The van der Waals surface area contributed by atoms with Crippen LogP contribution in [0.3, 0.4) is 0 Å². The second-order valence-corrected chi connectivity index (χ2v) is 9.49. The van der Waals surface area contributed by atoms with E-state index in [9.17, 15) is 13.2 Å². The van der Waals surface area contributed by atoms with Crippen molar-refractivity contribution in [2.24, 2.45) is 0 Å². The van der Waals surface area contributed by atoms with E-state index in [1.807, 2.05) is 19.9 Å². The molecule has 5 nitrogen and oxygen atoms in total. The largest absolute Gasteiger partial charge is 0.324 e. The minimum absolute atomic E-state index is 0.316. The lowest BCUT2D eigenvalue weighted by Crippen LogP contribution is -2.47. The van der Waals surface area contributed by atoms with E-state index in [-0.39, 0.29) is 0 Å². The van der Waals surface area contributed by atoms with Crippen LogP contribution in [0.15, 0.2) is 40.9 Å². The molecule has 2 aromatic carbocycles. The first-order valence-electron chi connectivity index (χ1n) is 8.37. The Balaban J connectivity index is 2.40. The lowest BCUT2D eigenvalue weighted by molar-refractivity contribution is -0.117. The van der Waals surface area contributed by atoms with Crippen LogP contribution < -0.4 is 9.62 Å². The number of nitrogens with one attached hydrogen (secondary N) is 1. The molecule has 0 saturated carbocycles. The van der Waals surface area contributed by atoms with Crippen LogP contribution in [0, 0.1) is 13.8 Å². The second-order valence-electron chi connectivity index (χ2n) is 6.37. The molecule has 0 aliphatic carbocycles. The number of aryl methyl sites for hydroxylation is 2. The number of benzene rings is 2. The molecule has 0 heterocycles. The Hall–Kier alpha value is -1.57. The molecule has 146 valence electrons. The summed E-state index contributed by atoms with van der Waals surface area (Å²) in [5, 5.41) is 3.21. The zero-order valence-corrected chi connectivity index (χ0v) is 18.7. The molecule has 1 atom stereocenters. The number of nitrogens with zero attached hydrogens (tertiary/aromatic N) is 1. The smallest absolute Gasteiger partial charge is 0.248 e. The maximum atomic E-state index is 12.9. The van der Waals surface area contributed by atoms with Gasteiger partial charge in [0.2, 0.25) is 15.9 Å². The molecule has 0 aliphatic heterocycles. The van der Waals surface area contributed by atoms with Gasteiger partial charge in [-0.2, -0.15) is 0 Å². The topological polar surface area (TPSA) is 66.5 Å². The van der Waals surface area contributed by atoms with Crippen molar-refractivity contribution < 1.29 is 13.2 Å². The van der Waals surface area contributed by atoms with Crippen molar-refractivity contribution in [2.45, 2.75) is 33.2 Å². The summed E-state index contributed by atoms with van der Waals surface area (Å²) in [5.41, 5.74) is 2.97. The summed E-state index contributed by atoms with van der Waals surface area (Å²) in [6.45, 7) is 5.63. The van der Waals surface area contributed by atoms with Gasteiger partial charge in [-0.3, -0.25) is 9.10 Å². The molecule has 1 amide bonds. The van der Waals surface area contributed by atoms with E-state index in [1.165, 1.54) is 4.31 Å². The number of rotatable bonds is 6. The predicted octanol–water partition coefficient (Wildman–Crippen LogP) is 4.90. The SMILES string of the molecule is CC[C@H](C(=O)Nc1ccc(Br)c(Cl)c1)N(c1ccc(C)c(C)c1)S(C)(=O)=O. The predicted molar refractivity (Wildman–Crippen MR) is 115 cm³/mol. The average Bonchev–Trinajstić information content (AvgIpc) is 2.57. The van der Waals surface area contributed by atoms with Gasteiger partial charge in [-0.15, -0.1) is 0 Å². The van der Waals surface area contributed by atoms with Crippen LogP contribution in [0.4, 0.5) is 11.4 Å². The van der Waals surface area contributed by atoms with Crippen LogP contribution in [0.25, 0.3) is 0 Å². The van der Waals surface area contributed by atoms with Crippen LogP contribution in [-0.2, 0) is 14.8 Å². The Labute approximate surface area is 173 Å². The van der Waals surface area contributed by atoms with Crippen molar-refractivity contribution in [3.05, 3.63) is 57.0 Å². The normalized spacial score (nSPS) is 12.5. The standard InChI is InChI=1S/C19H22BrClN2O3S/c1-5-18(19(24)22-14-7-9-16(20)17(21)11-14)23(27(4,25)26)15-8-6-12(2)13(3)10-15/h6-11,18H,5H2,1-4H3,(H,22,24)/t18-/m1/s1. The summed E-state index contributed by atoms with van der Waals surface area (Å²) >= 11 is 9.37. The number of halogens is 2. The maximum Gasteiger partial charge on any atom is 0.248 e. The molecule has 1 N–H and O–H groups in total. The minimum Gasteiger partial charge on any atom is -0.324 e. The molecule has 2 rings (SSSR count). The van der Waals surface area contributed by atoms with Crippen molar-refractivity contribution in [1.82, 2.24) is 0 Å². The van der Waals surface area contributed by atoms with Gasteiger partial charge in [-0.25, -0.2) is 8.42 Å². The summed E-state index contributed by atoms with van der Waals surface area (Å²) in [4.78, 5) is 12.9. The van der Waals surface area contributed by atoms with Gasteiger partial charge in [-0.05, 0) is 77.7 Å². The number of sulfonamides is 1. The molecule has 0 spiro atoms. The van der Waals surface area contributed by atoms with Gasteiger partial charge in [0, 0.05) is 10.2 Å². The van der Waals surface area contributed by atoms with E-state index in [0.29, 0.717) is 27.3 Å². The van der Waals surface area contributed by atoms with Crippen LogP contribution in [0.1, 0.15) is 24.5 Å². The first kappa shape index (κ1) is 21.7. The molecule has 0 aliphatic rings. The molecule has 27 heavy (non-hydrogen) atoms.